The van der Waals surface area contributed by atoms with Gasteiger partial charge in [0.1, 0.15) is 0 Å². The fraction of sp³-hybridized carbons (Fsp3) is 0.611. The SMILES string of the molecule is CCCS(=O)(=O)c1ccccc1C(=O)NCC1(COC)CCNCC1. The summed E-state index contributed by atoms with van der Waals surface area (Å²) in [5.74, 6) is -0.305. The van der Waals surface area contributed by atoms with E-state index in [1.54, 1.807) is 25.3 Å². The van der Waals surface area contributed by atoms with Crippen molar-refractivity contribution in [1.82, 2.24) is 10.6 Å². The number of rotatable bonds is 8. The van der Waals surface area contributed by atoms with E-state index in [1.165, 1.54) is 6.07 Å². The largest absolute Gasteiger partial charge is 0.384 e. The molecule has 0 radical (unpaired) electrons. The van der Waals surface area contributed by atoms with E-state index in [0.29, 0.717) is 19.6 Å². The van der Waals surface area contributed by atoms with Crippen molar-refractivity contribution >= 4 is 15.7 Å². The summed E-state index contributed by atoms with van der Waals surface area (Å²) in [6.45, 7) is 4.64. The molecule has 0 aromatic heterocycles. The predicted octanol–water partition coefficient (Wildman–Crippen LogP) is 1.62. The van der Waals surface area contributed by atoms with Gasteiger partial charge in [-0.2, -0.15) is 0 Å². The molecule has 140 valence electrons. The Balaban J connectivity index is 2.16. The van der Waals surface area contributed by atoms with E-state index in [9.17, 15) is 13.2 Å². The Labute approximate surface area is 150 Å². The average Bonchev–Trinajstić information content (AvgIpc) is 2.61. The number of sulfone groups is 1. The van der Waals surface area contributed by atoms with Gasteiger partial charge in [0.25, 0.3) is 5.91 Å². The number of ether oxygens (including phenoxy) is 1. The maximum atomic E-state index is 12.7. The van der Waals surface area contributed by atoms with Crippen LogP contribution in [0.1, 0.15) is 36.5 Å². The lowest BCUT2D eigenvalue weighted by molar-refractivity contribution is 0.0511. The monoisotopic (exact) mass is 368 g/mol. The van der Waals surface area contributed by atoms with Crippen LogP contribution in [0.25, 0.3) is 0 Å². The highest BCUT2D eigenvalue weighted by Gasteiger charge is 2.33. The maximum Gasteiger partial charge on any atom is 0.252 e. The standard InChI is InChI=1S/C18H28N2O4S/c1-3-12-25(22,23)16-7-5-4-6-15(16)17(21)20-13-18(14-24-2)8-10-19-11-9-18/h4-7,19H,3,8-14H2,1-2H3,(H,20,21). The maximum absolute atomic E-state index is 12.7. The molecule has 2 N–H and O–H groups in total. The second kappa shape index (κ2) is 8.78. The number of piperidine rings is 1. The summed E-state index contributed by atoms with van der Waals surface area (Å²) in [7, 11) is -1.79. The Morgan fingerprint density at radius 1 is 1.28 bits per heavy atom. The highest BCUT2D eigenvalue weighted by atomic mass is 32.2. The van der Waals surface area contributed by atoms with Crippen LogP contribution < -0.4 is 10.6 Å². The van der Waals surface area contributed by atoms with Crippen LogP contribution in [0, 0.1) is 5.41 Å². The Hall–Kier alpha value is -1.44. The molecule has 6 nitrogen and oxygen atoms in total. The molecule has 1 heterocycles. The molecule has 2 rings (SSSR count). The third-order valence-corrected chi connectivity index (χ3v) is 6.65. The van der Waals surface area contributed by atoms with E-state index >= 15 is 0 Å². The first-order valence-corrected chi connectivity index (χ1v) is 10.4. The smallest absolute Gasteiger partial charge is 0.252 e. The molecule has 1 fully saturated rings. The summed E-state index contributed by atoms with van der Waals surface area (Å²) in [5, 5.41) is 6.25. The molecule has 25 heavy (non-hydrogen) atoms. The minimum atomic E-state index is -3.45. The molecule has 1 saturated heterocycles. The van der Waals surface area contributed by atoms with Crippen LogP contribution in [0.4, 0.5) is 0 Å². The number of hydrogen-bond donors (Lipinski definition) is 2. The molecule has 1 aliphatic heterocycles. The van der Waals surface area contributed by atoms with Gasteiger partial charge in [-0.25, -0.2) is 8.42 Å². The highest BCUT2D eigenvalue weighted by Crippen LogP contribution is 2.28. The van der Waals surface area contributed by atoms with E-state index in [4.69, 9.17) is 4.74 Å². The van der Waals surface area contributed by atoms with Crippen molar-refractivity contribution < 1.29 is 17.9 Å². The van der Waals surface area contributed by atoms with Crippen molar-refractivity contribution in [1.29, 1.82) is 0 Å². The average molecular weight is 368 g/mol. The van der Waals surface area contributed by atoms with Crippen LogP contribution in [-0.2, 0) is 14.6 Å². The first kappa shape index (κ1) is 19.9. The lowest BCUT2D eigenvalue weighted by atomic mass is 9.79. The first-order valence-electron chi connectivity index (χ1n) is 8.74. The summed E-state index contributed by atoms with van der Waals surface area (Å²) in [5.41, 5.74) is 0.116. The molecule has 1 aliphatic rings. The van der Waals surface area contributed by atoms with Gasteiger partial charge >= 0.3 is 0 Å². The number of nitrogens with one attached hydrogen (secondary N) is 2. The Morgan fingerprint density at radius 3 is 2.60 bits per heavy atom. The number of carbonyl (C=O) groups is 1. The summed E-state index contributed by atoms with van der Waals surface area (Å²) in [6.07, 6.45) is 2.34. The van der Waals surface area contributed by atoms with Gasteiger partial charge in [-0.3, -0.25) is 4.79 Å². The van der Waals surface area contributed by atoms with Gasteiger partial charge in [0, 0.05) is 19.1 Å². The van der Waals surface area contributed by atoms with E-state index in [1.807, 2.05) is 6.92 Å². The summed E-state index contributed by atoms with van der Waals surface area (Å²) >= 11 is 0. The van der Waals surface area contributed by atoms with E-state index in [2.05, 4.69) is 10.6 Å². The minimum Gasteiger partial charge on any atom is -0.384 e. The van der Waals surface area contributed by atoms with Gasteiger partial charge in [-0.05, 0) is 44.5 Å². The van der Waals surface area contributed by atoms with Crippen molar-refractivity contribution in [2.45, 2.75) is 31.1 Å². The van der Waals surface area contributed by atoms with Gasteiger partial charge in [0.15, 0.2) is 9.84 Å². The lowest BCUT2D eigenvalue weighted by Crippen LogP contribution is -2.47. The van der Waals surface area contributed by atoms with Crippen molar-refractivity contribution in [3.63, 3.8) is 0 Å². The van der Waals surface area contributed by atoms with Gasteiger partial charge in [-0.15, -0.1) is 0 Å². The quantitative estimate of drug-likeness (QED) is 0.728. The van der Waals surface area contributed by atoms with Crippen LogP contribution in [0.15, 0.2) is 29.2 Å². The van der Waals surface area contributed by atoms with Crippen molar-refractivity contribution in [2.75, 3.05) is 39.1 Å². The molecule has 1 aromatic carbocycles. The molecule has 0 unspecified atom stereocenters. The lowest BCUT2D eigenvalue weighted by Gasteiger charge is -2.37. The zero-order valence-electron chi connectivity index (χ0n) is 15.0. The van der Waals surface area contributed by atoms with Gasteiger partial charge in [-0.1, -0.05) is 19.1 Å². The molecule has 0 bridgehead atoms. The molecule has 7 heteroatoms. The predicted molar refractivity (Wildman–Crippen MR) is 97.5 cm³/mol. The number of hydrogen-bond acceptors (Lipinski definition) is 5. The molecular weight excluding hydrogens is 340 g/mol. The summed E-state index contributed by atoms with van der Waals surface area (Å²) < 4.78 is 30.2. The summed E-state index contributed by atoms with van der Waals surface area (Å²) in [6, 6.07) is 6.42. The third kappa shape index (κ3) is 5.03. The molecule has 0 spiro atoms. The van der Waals surface area contributed by atoms with Crippen LogP contribution in [0.5, 0.6) is 0 Å². The Kier molecular flexibility index (Phi) is 6.98. The van der Waals surface area contributed by atoms with E-state index < -0.39 is 9.84 Å². The zero-order chi connectivity index (χ0) is 18.3. The molecule has 0 saturated carbocycles. The normalized spacial score (nSPS) is 17.2. The van der Waals surface area contributed by atoms with E-state index in [0.717, 1.165) is 25.9 Å². The number of methoxy groups -OCH3 is 1. The number of carbonyl (C=O) groups excluding carboxylic acids is 1. The third-order valence-electron chi connectivity index (χ3n) is 4.68. The fourth-order valence-corrected chi connectivity index (χ4v) is 4.84. The molecule has 1 amide bonds. The molecule has 0 aliphatic carbocycles. The van der Waals surface area contributed by atoms with Crippen LogP contribution in [0.3, 0.4) is 0 Å². The second-order valence-corrected chi connectivity index (χ2v) is 8.76. The molecular formula is C18H28N2O4S. The molecule has 0 atom stereocenters. The number of benzene rings is 1. The van der Waals surface area contributed by atoms with Crippen LogP contribution >= 0.6 is 0 Å². The zero-order valence-corrected chi connectivity index (χ0v) is 15.8. The van der Waals surface area contributed by atoms with E-state index in [-0.39, 0.29) is 27.5 Å². The minimum absolute atomic E-state index is 0.0383. The van der Waals surface area contributed by atoms with Gasteiger partial charge in [0.05, 0.1) is 22.8 Å². The highest BCUT2D eigenvalue weighted by molar-refractivity contribution is 7.91. The van der Waals surface area contributed by atoms with Crippen LogP contribution in [-0.4, -0.2) is 53.4 Å². The van der Waals surface area contributed by atoms with Crippen LogP contribution in [0.2, 0.25) is 0 Å². The Morgan fingerprint density at radius 2 is 1.96 bits per heavy atom. The van der Waals surface area contributed by atoms with Crippen molar-refractivity contribution in [3.05, 3.63) is 29.8 Å². The molecule has 1 aromatic rings. The fourth-order valence-electron chi connectivity index (χ4n) is 3.30. The second-order valence-electron chi connectivity index (χ2n) is 6.68. The topological polar surface area (TPSA) is 84.5 Å². The Bertz CT molecular complexity index is 677. The first-order chi connectivity index (χ1) is 11.9. The van der Waals surface area contributed by atoms with Gasteiger partial charge < -0.3 is 15.4 Å². The summed E-state index contributed by atoms with van der Waals surface area (Å²) in [4.78, 5) is 12.8. The van der Waals surface area contributed by atoms with Gasteiger partial charge in [0.2, 0.25) is 0 Å². The van der Waals surface area contributed by atoms with Crippen molar-refractivity contribution in [3.8, 4) is 0 Å². The number of amides is 1. The van der Waals surface area contributed by atoms with Crippen molar-refractivity contribution in [2.24, 2.45) is 5.41 Å².